The van der Waals surface area contributed by atoms with E-state index in [0.29, 0.717) is 0 Å². The zero-order valence-corrected chi connectivity index (χ0v) is 10.9. The van der Waals surface area contributed by atoms with Crippen LogP contribution in [0.4, 0.5) is 0 Å². The van der Waals surface area contributed by atoms with Crippen molar-refractivity contribution in [1.82, 2.24) is 5.32 Å². The molecule has 0 saturated carbocycles. The standard InChI is InChI=1S/C10H12ClNO4S/c1-7-3-4-8(16-6-10(13)12-2)9(5-7)17(11,14)15/h3-5H,6H2,1-2H3,(H,12,13). The van der Waals surface area contributed by atoms with Crippen LogP contribution in [0, 0.1) is 6.92 Å². The minimum atomic E-state index is -3.90. The van der Waals surface area contributed by atoms with E-state index >= 15 is 0 Å². The maximum Gasteiger partial charge on any atom is 0.264 e. The van der Waals surface area contributed by atoms with Gasteiger partial charge in [-0.1, -0.05) is 6.07 Å². The molecular formula is C10H12ClNO4S. The van der Waals surface area contributed by atoms with Gasteiger partial charge in [-0.05, 0) is 24.6 Å². The number of hydrogen-bond donors (Lipinski definition) is 1. The summed E-state index contributed by atoms with van der Waals surface area (Å²) in [4.78, 5) is 10.9. The Hall–Kier alpha value is -1.27. The molecule has 1 aromatic carbocycles. The number of carbonyl (C=O) groups excluding carboxylic acids is 1. The van der Waals surface area contributed by atoms with Gasteiger partial charge in [0.1, 0.15) is 10.6 Å². The fourth-order valence-corrected chi connectivity index (χ4v) is 2.20. The molecule has 0 heterocycles. The Morgan fingerprint density at radius 3 is 2.65 bits per heavy atom. The predicted molar refractivity (Wildman–Crippen MR) is 63.8 cm³/mol. The highest BCUT2D eigenvalue weighted by Crippen LogP contribution is 2.27. The van der Waals surface area contributed by atoms with Crippen molar-refractivity contribution in [3.63, 3.8) is 0 Å². The summed E-state index contributed by atoms with van der Waals surface area (Å²) in [5, 5.41) is 2.36. The van der Waals surface area contributed by atoms with Crippen LogP contribution in [-0.2, 0) is 13.8 Å². The minimum absolute atomic E-state index is 0.0641. The monoisotopic (exact) mass is 277 g/mol. The number of amides is 1. The van der Waals surface area contributed by atoms with Gasteiger partial charge in [0.2, 0.25) is 0 Å². The second-order valence-electron chi connectivity index (χ2n) is 3.35. The molecule has 1 amide bonds. The molecule has 1 aromatic rings. The van der Waals surface area contributed by atoms with Crippen molar-refractivity contribution >= 4 is 25.6 Å². The molecule has 0 unspecified atom stereocenters. The van der Waals surface area contributed by atoms with Gasteiger partial charge < -0.3 is 10.1 Å². The van der Waals surface area contributed by atoms with E-state index in [1.807, 2.05) is 0 Å². The van der Waals surface area contributed by atoms with Crippen LogP contribution < -0.4 is 10.1 Å². The largest absolute Gasteiger partial charge is 0.482 e. The number of halogens is 1. The lowest BCUT2D eigenvalue weighted by Gasteiger charge is -2.09. The number of aryl methyl sites for hydroxylation is 1. The summed E-state index contributed by atoms with van der Waals surface area (Å²) < 4.78 is 27.7. The minimum Gasteiger partial charge on any atom is -0.482 e. The van der Waals surface area contributed by atoms with Gasteiger partial charge in [-0.2, -0.15) is 0 Å². The molecule has 1 N–H and O–H groups in total. The van der Waals surface area contributed by atoms with Crippen molar-refractivity contribution in [2.75, 3.05) is 13.7 Å². The Morgan fingerprint density at radius 1 is 1.47 bits per heavy atom. The summed E-state index contributed by atoms with van der Waals surface area (Å²) in [5.41, 5.74) is 0.733. The maximum absolute atomic E-state index is 11.3. The quantitative estimate of drug-likeness (QED) is 0.835. The topological polar surface area (TPSA) is 72.5 Å². The predicted octanol–water partition coefficient (Wildman–Crippen LogP) is 1.05. The van der Waals surface area contributed by atoms with Crippen LogP contribution in [0.5, 0.6) is 5.75 Å². The average molecular weight is 278 g/mol. The Labute approximate surface area is 104 Å². The molecule has 0 saturated heterocycles. The summed E-state index contributed by atoms with van der Waals surface area (Å²) in [7, 11) is 2.84. The van der Waals surface area contributed by atoms with Gasteiger partial charge in [-0.3, -0.25) is 4.79 Å². The number of likely N-dealkylation sites (N-methyl/N-ethyl adjacent to an activating group) is 1. The third kappa shape index (κ3) is 3.90. The molecule has 17 heavy (non-hydrogen) atoms. The van der Waals surface area contributed by atoms with Gasteiger partial charge >= 0.3 is 0 Å². The third-order valence-corrected chi connectivity index (χ3v) is 3.34. The molecule has 0 aliphatic rings. The lowest BCUT2D eigenvalue weighted by Crippen LogP contribution is -2.25. The van der Waals surface area contributed by atoms with E-state index in [2.05, 4.69) is 5.32 Å². The molecule has 1 rings (SSSR count). The second-order valence-corrected chi connectivity index (χ2v) is 5.88. The SMILES string of the molecule is CNC(=O)COc1ccc(C)cc1S(=O)(=O)Cl. The van der Waals surface area contributed by atoms with E-state index in [1.54, 1.807) is 13.0 Å². The summed E-state index contributed by atoms with van der Waals surface area (Å²) in [6.45, 7) is 1.47. The molecule has 0 spiro atoms. The smallest absolute Gasteiger partial charge is 0.264 e. The Morgan fingerprint density at radius 2 is 2.12 bits per heavy atom. The van der Waals surface area contributed by atoms with Crippen LogP contribution >= 0.6 is 10.7 Å². The normalized spacial score (nSPS) is 11.0. The molecule has 0 aromatic heterocycles. The van der Waals surface area contributed by atoms with Crippen LogP contribution in [-0.4, -0.2) is 28.0 Å². The number of hydrogen-bond acceptors (Lipinski definition) is 4. The highest BCUT2D eigenvalue weighted by molar-refractivity contribution is 8.13. The van der Waals surface area contributed by atoms with Gasteiger partial charge in [0.25, 0.3) is 15.0 Å². The molecule has 0 radical (unpaired) electrons. The summed E-state index contributed by atoms with van der Waals surface area (Å²) in [5.74, 6) is -0.294. The Kier molecular flexibility index (Phi) is 4.36. The number of ether oxygens (including phenoxy) is 1. The first-order valence-corrected chi connectivity index (χ1v) is 7.04. The molecule has 5 nitrogen and oxygen atoms in total. The average Bonchev–Trinajstić information content (AvgIpc) is 2.25. The molecule has 0 aliphatic carbocycles. The van der Waals surface area contributed by atoms with Crippen molar-refractivity contribution in [3.05, 3.63) is 23.8 Å². The molecule has 94 valence electrons. The van der Waals surface area contributed by atoms with Gasteiger partial charge in [0, 0.05) is 17.7 Å². The van der Waals surface area contributed by atoms with E-state index in [0.717, 1.165) is 5.56 Å². The molecule has 0 fully saturated rings. The van der Waals surface area contributed by atoms with E-state index in [9.17, 15) is 13.2 Å². The molecular weight excluding hydrogens is 266 g/mol. The Balaban J connectivity index is 3.04. The highest BCUT2D eigenvalue weighted by atomic mass is 35.7. The first-order chi connectivity index (χ1) is 7.84. The fourth-order valence-electron chi connectivity index (χ4n) is 1.14. The van der Waals surface area contributed by atoms with Crippen molar-refractivity contribution < 1.29 is 17.9 Å². The third-order valence-electron chi connectivity index (χ3n) is 2.00. The van der Waals surface area contributed by atoms with E-state index in [4.69, 9.17) is 15.4 Å². The van der Waals surface area contributed by atoms with Crippen molar-refractivity contribution in [1.29, 1.82) is 0 Å². The van der Waals surface area contributed by atoms with E-state index < -0.39 is 9.05 Å². The first kappa shape index (κ1) is 13.8. The van der Waals surface area contributed by atoms with Gasteiger partial charge in [-0.25, -0.2) is 8.42 Å². The fraction of sp³-hybridized carbons (Fsp3) is 0.300. The molecule has 0 atom stereocenters. The van der Waals surface area contributed by atoms with Crippen LogP contribution in [0.15, 0.2) is 23.1 Å². The molecule has 0 aliphatic heterocycles. The van der Waals surface area contributed by atoms with E-state index in [-0.39, 0.29) is 23.2 Å². The van der Waals surface area contributed by atoms with Crippen LogP contribution in [0.1, 0.15) is 5.56 Å². The maximum atomic E-state index is 11.3. The summed E-state index contributed by atoms with van der Waals surface area (Å²) >= 11 is 0. The first-order valence-electron chi connectivity index (χ1n) is 4.73. The number of nitrogens with one attached hydrogen (secondary N) is 1. The summed E-state index contributed by atoms with van der Waals surface area (Å²) in [6.07, 6.45) is 0. The lowest BCUT2D eigenvalue weighted by atomic mass is 10.2. The zero-order valence-electron chi connectivity index (χ0n) is 9.36. The summed E-state index contributed by atoms with van der Waals surface area (Å²) in [6, 6.07) is 4.53. The lowest BCUT2D eigenvalue weighted by molar-refractivity contribution is -0.122. The van der Waals surface area contributed by atoms with Crippen molar-refractivity contribution in [3.8, 4) is 5.75 Å². The molecule has 7 heteroatoms. The van der Waals surface area contributed by atoms with Crippen molar-refractivity contribution in [2.24, 2.45) is 0 Å². The van der Waals surface area contributed by atoms with Crippen molar-refractivity contribution in [2.45, 2.75) is 11.8 Å². The van der Waals surface area contributed by atoms with Crippen LogP contribution in [0.25, 0.3) is 0 Å². The van der Waals surface area contributed by atoms with Crippen LogP contribution in [0.3, 0.4) is 0 Å². The number of carbonyl (C=O) groups is 1. The van der Waals surface area contributed by atoms with Gasteiger partial charge in [0.15, 0.2) is 6.61 Å². The zero-order chi connectivity index (χ0) is 13.1. The molecule has 0 bridgehead atoms. The van der Waals surface area contributed by atoms with Gasteiger partial charge in [-0.15, -0.1) is 0 Å². The van der Waals surface area contributed by atoms with Crippen LogP contribution in [0.2, 0.25) is 0 Å². The highest BCUT2D eigenvalue weighted by Gasteiger charge is 2.17. The Bertz CT molecular complexity index is 527. The van der Waals surface area contributed by atoms with Gasteiger partial charge in [0.05, 0.1) is 0 Å². The second kappa shape index (κ2) is 5.37. The number of rotatable bonds is 4. The van der Waals surface area contributed by atoms with E-state index in [1.165, 1.54) is 19.2 Å². The number of benzene rings is 1.